The number of ether oxygens (including phenoxy) is 2. The molecule has 0 aliphatic carbocycles. The number of urea groups is 1. The smallest absolute Gasteiger partial charge is 0.341 e. The molecule has 8 heteroatoms. The number of aliphatic hydroxyl groups is 1. The number of amides is 2. The van der Waals surface area contributed by atoms with Crippen molar-refractivity contribution in [2.24, 2.45) is 0 Å². The van der Waals surface area contributed by atoms with E-state index in [1.165, 1.54) is 7.11 Å². The average molecular weight is 571 g/mol. The van der Waals surface area contributed by atoms with Crippen molar-refractivity contribution >= 4 is 29.3 Å². The van der Waals surface area contributed by atoms with Crippen LogP contribution in [0.5, 0.6) is 5.75 Å². The van der Waals surface area contributed by atoms with E-state index in [9.17, 15) is 14.7 Å². The zero-order valence-electron chi connectivity index (χ0n) is 22.6. The number of carbonyl (C=O) groups excluding carboxylic acids is 2. The van der Waals surface area contributed by atoms with Crippen LogP contribution in [0.1, 0.15) is 46.0 Å². The lowest BCUT2D eigenvalue weighted by Gasteiger charge is -2.38. The number of halogens is 1. The number of esters is 1. The van der Waals surface area contributed by atoms with Crippen LogP contribution in [-0.4, -0.2) is 42.2 Å². The number of benzene rings is 4. The standard InChI is InChI=1S/C33H31ClN2O5/c1-40-31(37)28-22-27(35-32(38)36-20-18-33(39,19-21-36)25-12-14-26(34)15-13-25)16-17-29(28)41-30(23-8-4-2-5-9-23)24-10-6-3-7-11-24/h2-17,22,30,39H,18-21H2,1H3,(H,35,38). The van der Waals surface area contributed by atoms with Gasteiger partial charge in [-0.2, -0.15) is 0 Å². The topological polar surface area (TPSA) is 88.1 Å². The van der Waals surface area contributed by atoms with Crippen molar-refractivity contribution in [2.75, 3.05) is 25.5 Å². The predicted molar refractivity (Wildman–Crippen MR) is 158 cm³/mol. The summed E-state index contributed by atoms with van der Waals surface area (Å²) in [4.78, 5) is 27.6. The van der Waals surface area contributed by atoms with Gasteiger partial charge in [-0.3, -0.25) is 0 Å². The summed E-state index contributed by atoms with van der Waals surface area (Å²) < 4.78 is 11.5. The van der Waals surface area contributed by atoms with Crippen LogP contribution in [0.3, 0.4) is 0 Å². The average Bonchev–Trinajstić information content (AvgIpc) is 3.01. The van der Waals surface area contributed by atoms with Gasteiger partial charge >= 0.3 is 12.0 Å². The highest BCUT2D eigenvalue weighted by molar-refractivity contribution is 6.30. The summed E-state index contributed by atoms with van der Waals surface area (Å²) in [5.41, 5.74) is 2.23. The highest BCUT2D eigenvalue weighted by Crippen LogP contribution is 2.35. The molecule has 4 aromatic carbocycles. The molecule has 1 aliphatic rings. The maximum absolute atomic E-state index is 13.1. The largest absolute Gasteiger partial charge is 0.480 e. The first-order valence-electron chi connectivity index (χ1n) is 13.4. The molecule has 0 bridgehead atoms. The number of piperidine rings is 1. The first-order valence-corrected chi connectivity index (χ1v) is 13.8. The summed E-state index contributed by atoms with van der Waals surface area (Å²) in [6.45, 7) is 0.734. The van der Waals surface area contributed by atoms with Crippen molar-refractivity contribution in [2.45, 2.75) is 24.5 Å². The lowest BCUT2D eigenvalue weighted by molar-refractivity contribution is -0.0157. The Morgan fingerprint density at radius 1 is 0.878 bits per heavy atom. The van der Waals surface area contributed by atoms with E-state index in [0.717, 1.165) is 16.7 Å². The molecule has 2 N–H and O–H groups in total. The lowest BCUT2D eigenvalue weighted by Crippen LogP contribution is -2.46. The van der Waals surface area contributed by atoms with Crippen molar-refractivity contribution in [3.8, 4) is 5.75 Å². The molecule has 0 radical (unpaired) electrons. The molecule has 1 saturated heterocycles. The molecule has 0 aromatic heterocycles. The van der Waals surface area contributed by atoms with Crippen LogP contribution < -0.4 is 10.1 Å². The normalized spacial score (nSPS) is 14.4. The Hall–Kier alpha value is -4.33. The molecule has 0 atom stereocenters. The first kappa shape index (κ1) is 28.2. The monoisotopic (exact) mass is 570 g/mol. The molecule has 4 aromatic rings. The quantitative estimate of drug-likeness (QED) is 0.238. The fraction of sp³-hybridized carbons (Fsp3) is 0.212. The van der Waals surface area contributed by atoms with Gasteiger partial charge in [0.1, 0.15) is 17.4 Å². The van der Waals surface area contributed by atoms with E-state index in [-0.39, 0.29) is 11.6 Å². The van der Waals surface area contributed by atoms with Gasteiger partial charge in [-0.15, -0.1) is 0 Å². The third-order valence-electron chi connectivity index (χ3n) is 7.34. The molecule has 2 amide bonds. The van der Waals surface area contributed by atoms with Gasteiger partial charge in [-0.25, -0.2) is 9.59 Å². The molecular weight excluding hydrogens is 540 g/mol. The third kappa shape index (κ3) is 6.53. The first-order chi connectivity index (χ1) is 19.9. The number of hydrogen-bond acceptors (Lipinski definition) is 5. The van der Waals surface area contributed by atoms with E-state index in [2.05, 4.69) is 5.32 Å². The molecule has 7 nitrogen and oxygen atoms in total. The third-order valence-corrected chi connectivity index (χ3v) is 7.60. The Bertz CT molecular complexity index is 1450. The van der Waals surface area contributed by atoms with Crippen molar-refractivity contribution in [1.29, 1.82) is 0 Å². The Morgan fingerprint density at radius 2 is 1.46 bits per heavy atom. The Labute approximate surface area is 244 Å². The number of rotatable bonds is 7. The van der Waals surface area contributed by atoms with E-state index in [1.54, 1.807) is 35.2 Å². The van der Waals surface area contributed by atoms with Crippen LogP contribution >= 0.6 is 11.6 Å². The minimum absolute atomic E-state index is 0.193. The van der Waals surface area contributed by atoms with Gasteiger partial charge in [0.15, 0.2) is 0 Å². The van der Waals surface area contributed by atoms with E-state index < -0.39 is 17.7 Å². The number of methoxy groups -OCH3 is 1. The maximum Gasteiger partial charge on any atom is 0.341 e. The predicted octanol–water partition coefficient (Wildman–Crippen LogP) is 6.81. The van der Waals surface area contributed by atoms with Crippen molar-refractivity contribution in [1.82, 2.24) is 4.90 Å². The van der Waals surface area contributed by atoms with Gasteiger partial charge in [0.05, 0.1) is 12.7 Å². The van der Waals surface area contributed by atoms with Crippen LogP contribution in [0.25, 0.3) is 0 Å². The number of nitrogens with zero attached hydrogens (tertiary/aromatic N) is 1. The fourth-order valence-electron chi connectivity index (χ4n) is 5.02. The van der Waals surface area contributed by atoms with Gasteiger partial charge in [-0.1, -0.05) is 84.4 Å². The van der Waals surface area contributed by atoms with Crippen LogP contribution in [-0.2, 0) is 10.3 Å². The zero-order chi connectivity index (χ0) is 28.8. The second kappa shape index (κ2) is 12.5. The van der Waals surface area contributed by atoms with Gasteiger partial charge in [-0.05, 0) is 59.9 Å². The minimum Gasteiger partial charge on any atom is -0.480 e. The Morgan fingerprint density at radius 3 is 2.02 bits per heavy atom. The molecular formula is C33H31ClN2O5. The number of carbonyl (C=O) groups is 2. The number of nitrogens with one attached hydrogen (secondary N) is 1. The second-order valence-electron chi connectivity index (χ2n) is 9.98. The van der Waals surface area contributed by atoms with Gasteiger partial charge in [0, 0.05) is 23.8 Å². The lowest BCUT2D eigenvalue weighted by atomic mass is 9.84. The van der Waals surface area contributed by atoms with Gasteiger partial charge < -0.3 is 24.8 Å². The minimum atomic E-state index is -1.02. The van der Waals surface area contributed by atoms with Crippen molar-refractivity contribution in [3.05, 3.63) is 130 Å². The Balaban J connectivity index is 1.32. The summed E-state index contributed by atoms with van der Waals surface area (Å²) in [6.07, 6.45) is 0.319. The van der Waals surface area contributed by atoms with Crippen LogP contribution in [0.4, 0.5) is 10.5 Å². The number of likely N-dealkylation sites (tertiary alicyclic amines) is 1. The summed E-state index contributed by atoms with van der Waals surface area (Å²) in [7, 11) is 1.30. The molecule has 0 unspecified atom stereocenters. The van der Waals surface area contributed by atoms with Crippen LogP contribution in [0, 0.1) is 0 Å². The van der Waals surface area contributed by atoms with Crippen LogP contribution in [0.2, 0.25) is 5.02 Å². The zero-order valence-corrected chi connectivity index (χ0v) is 23.4. The maximum atomic E-state index is 13.1. The second-order valence-corrected chi connectivity index (χ2v) is 10.4. The summed E-state index contributed by atoms with van der Waals surface area (Å²) in [6, 6.07) is 31.2. The molecule has 0 saturated carbocycles. The van der Waals surface area contributed by atoms with Gasteiger partial charge in [0.25, 0.3) is 0 Å². The van der Waals surface area contributed by atoms with E-state index in [0.29, 0.717) is 42.4 Å². The fourth-order valence-corrected chi connectivity index (χ4v) is 5.15. The summed E-state index contributed by atoms with van der Waals surface area (Å²) >= 11 is 5.99. The van der Waals surface area contributed by atoms with Gasteiger partial charge in [0.2, 0.25) is 0 Å². The summed E-state index contributed by atoms with van der Waals surface area (Å²) in [5, 5.41) is 14.6. The number of hydrogen-bond donors (Lipinski definition) is 2. The van der Waals surface area contributed by atoms with Crippen molar-refractivity contribution < 1.29 is 24.2 Å². The molecule has 1 heterocycles. The van der Waals surface area contributed by atoms with Crippen LogP contribution in [0.15, 0.2) is 103 Å². The molecule has 0 spiro atoms. The van der Waals surface area contributed by atoms with E-state index >= 15 is 0 Å². The highest BCUT2D eigenvalue weighted by atomic mass is 35.5. The Kier molecular flexibility index (Phi) is 8.57. The van der Waals surface area contributed by atoms with E-state index in [4.69, 9.17) is 21.1 Å². The molecule has 41 heavy (non-hydrogen) atoms. The highest BCUT2D eigenvalue weighted by Gasteiger charge is 2.35. The SMILES string of the molecule is COC(=O)c1cc(NC(=O)N2CCC(O)(c3ccc(Cl)cc3)CC2)ccc1OC(c1ccccc1)c1ccccc1. The van der Waals surface area contributed by atoms with E-state index in [1.807, 2.05) is 72.8 Å². The molecule has 5 rings (SSSR count). The van der Waals surface area contributed by atoms with Crippen molar-refractivity contribution in [3.63, 3.8) is 0 Å². The summed E-state index contributed by atoms with van der Waals surface area (Å²) in [5.74, 6) is -0.250. The number of anilines is 1. The molecule has 1 fully saturated rings. The molecule has 210 valence electrons. The molecule has 1 aliphatic heterocycles.